The van der Waals surface area contributed by atoms with E-state index >= 15 is 0 Å². The van der Waals surface area contributed by atoms with Gasteiger partial charge in [0.15, 0.2) is 5.75 Å². The highest BCUT2D eigenvalue weighted by Gasteiger charge is 2.17. The minimum absolute atomic E-state index is 0.299. The molecule has 0 atom stereocenters. The molecule has 2 aromatic rings. The first-order chi connectivity index (χ1) is 9.93. The average molecular weight is 390 g/mol. The Balaban J connectivity index is 2.38. The Kier molecular flexibility index (Phi) is 4.98. The lowest BCUT2D eigenvalue weighted by Gasteiger charge is -2.13. The molecule has 1 amide bonds. The Hall–Kier alpha value is -1.43. The molecule has 0 saturated carbocycles. The summed E-state index contributed by atoms with van der Waals surface area (Å²) < 4.78 is 5.87. The molecule has 0 aromatic heterocycles. The third-order valence-electron chi connectivity index (χ3n) is 2.74. The van der Waals surface area contributed by atoms with Crippen LogP contribution in [0, 0.1) is 0 Å². The molecular weight excluding hydrogens is 379 g/mol. The molecule has 0 spiro atoms. The van der Waals surface area contributed by atoms with Gasteiger partial charge >= 0.3 is 0 Å². The zero-order chi connectivity index (χ0) is 15.6. The number of benzene rings is 2. The summed E-state index contributed by atoms with van der Waals surface area (Å²) in [5.41, 5.74) is 6.78. The number of para-hydroxylation sites is 1. The molecule has 2 rings (SSSR count). The normalized spacial score (nSPS) is 10.3. The zero-order valence-corrected chi connectivity index (χ0v) is 14.0. The lowest BCUT2D eigenvalue weighted by molar-refractivity contribution is 0.102. The molecule has 110 valence electrons. The summed E-state index contributed by atoms with van der Waals surface area (Å²) >= 11 is 15.4. The highest BCUT2D eigenvalue weighted by atomic mass is 79.9. The van der Waals surface area contributed by atoms with Gasteiger partial charge in [-0.1, -0.05) is 45.2 Å². The van der Waals surface area contributed by atoms with E-state index in [1.165, 1.54) is 7.11 Å². The number of halogens is 3. The highest BCUT2D eigenvalue weighted by molar-refractivity contribution is 9.10. The van der Waals surface area contributed by atoms with Crippen molar-refractivity contribution in [2.75, 3.05) is 18.2 Å². The third-order valence-corrected chi connectivity index (χ3v) is 3.79. The Morgan fingerprint density at radius 1 is 1.29 bits per heavy atom. The van der Waals surface area contributed by atoms with Gasteiger partial charge in [0.2, 0.25) is 0 Å². The highest BCUT2D eigenvalue weighted by Crippen LogP contribution is 2.35. The van der Waals surface area contributed by atoms with Crippen molar-refractivity contribution in [2.24, 2.45) is 0 Å². The first-order valence-corrected chi connectivity index (χ1v) is 7.37. The lowest BCUT2D eigenvalue weighted by Crippen LogP contribution is -2.14. The number of methoxy groups -OCH3 is 1. The number of amides is 1. The fraction of sp³-hybridized carbons (Fsp3) is 0.0714. The molecule has 0 fully saturated rings. The van der Waals surface area contributed by atoms with Crippen molar-refractivity contribution >= 4 is 56.4 Å². The second-order valence-corrected chi connectivity index (χ2v) is 5.86. The smallest absolute Gasteiger partial charge is 0.259 e. The molecular formula is C14H11BrCl2N2O2. The summed E-state index contributed by atoms with van der Waals surface area (Å²) in [5.74, 6) is -0.107. The number of ether oxygens (including phenoxy) is 1. The summed E-state index contributed by atoms with van der Waals surface area (Å²) in [4.78, 5) is 12.4. The van der Waals surface area contributed by atoms with Crippen LogP contribution in [0.1, 0.15) is 10.4 Å². The molecule has 0 radical (unpaired) electrons. The van der Waals surface area contributed by atoms with Crippen LogP contribution in [0.3, 0.4) is 0 Å². The summed E-state index contributed by atoms with van der Waals surface area (Å²) in [6, 6.07) is 8.19. The Morgan fingerprint density at radius 3 is 2.48 bits per heavy atom. The molecule has 0 saturated heterocycles. The maximum Gasteiger partial charge on any atom is 0.259 e. The van der Waals surface area contributed by atoms with E-state index in [1.54, 1.807) is 30.3 Å². The molecule has 4 nitrogen and oxygen atoms in total. The zero-order valence-electron chi connectivity index (χ0n) is 10.9. The van der Waals surface area contributed by atoms with Gasteiger partial charge in [-0.05, 0) is 24.3 Å². The first kappa shape index (κ1) is 15.9. The predicted molar refractivity (Wildman–Crippen MR) is 89.5 cm³/mol. The number of nitrogens with two attached hydrogens (primary N) is 1. The van der Waals surface area contributed by atoms with E-state index in [2.05, 4.69) is 21.2 Å². The summed E-state index contributed by atoms with van der Waals surface area (Å²) in [5, 5.41) is 3.31. The van der Waals surface area contributed by atoms with E-state index in [4.69, 9.17) is 33.7 Å². The minimum Gasteiger partial charge on any atom is -0.494 e. The van der Waals surface area contributed by atoms with Crippen LogP contribution < -0.4 is 15.8 Å². The summed E-state index contributed by atoms with van der Waals surface area (Å²) in [7, 11) is 1.45. The first-order valence-electron chi connectivity index (χ1n) is 5.82. The number of hydrogen-bond acceptors (Lipinski definition) is 3. The molecule has 0 bridgehead atoms. The number of anilines is 2. The SMILES string of the molecule is COc1c(N)cccc1C(=O)Nc1c(Cl)cc(Br)cc1Cl. The average Bonchev–Trinajstić information content (AvgIpc) is 2.42. The van der Waals surface area contributed by atoms with Crippen LogP contribution in [0.4, 0.5) is 11.4 Å². The van der Waals surface area contributed by atoms with Crippen molar-refractivity contribution in [3.63, 3.8) is 0 Å². The van der Waals surface area contributed by atoms with Crippen molar-refractivity contribution in [1.29, 1.82) is 0 Å². The number of hydrogen-bond donors (Lipinski definition) is 2. The van der Waals surface area contributed by atoms with Gasteiger partial charge in [0.1, 0.15) is 0 Å². The van der Waals surface area contributed by atoms with Crippen molar-refractivity contribution in [3.05, 3.63) is 50.4 Å². The monoisotopic (exact) mass is 388 g/mol. The van der Waals surface area contributed by atoms with E-state index < -0.39 is 5.91 Å². The van der Waals surface area contributed by atoms with Crippen LogP contribution in [0.5, 0.6) is 5.75 Å². The van der Waals surface area contributed by atoms with Crippen LogP contribution in [0.15, 0.2) is 34.8 Å². The number of rotatable bonds is 3. The van der Waals surface area contributed by atoms with Gasteiger partial charge < -0.3 is 15.8 Å². The number of nitrogens with one attached hydrogen (secondary N) is 1. The van der Waals surface area contributed by atoms with Gasteiger partial charge in [0.05, 0.1) is 34.1 Å². The van der Waals surface area contributed by atoms with E-state index in [0.29, 0.717) is 32.7 Å². The van der Waals surface area contributed by atoms with Gasteiger partial charge in [0, 0.05) is 4.47 Å². The van der Waals surface area contributed by atoms with Gasteiger partial charge in [0.25, 0.3) is 5.91 Å². The number of nitrogen functional groups attached to an aromatic ring is 1. The third kappa shape index (κ3) is 3.43. The topological polar surface area (TPSA) is 64.3 Å². The van der Waals surface area contributed by atoms with E-state index in [1.807, 2.05) is 0 Å². The summed E-state index contributed by atoms with van der Waals surface area (Å²) in [6.07, 6.45) is 0. The van der Waals surface area contributed by atoms with Gasteiger partial charge in [-0.25, -0.2) is 0 Å². The number of carbonyl (C=O) groups is 1. The van der Waals surface area contributed by atoms with Gasteiger partial charge in [-0.15, -0.1) is 0 Å². The predicted octanol–water partition coefficient (Wildman–Crippen LogP) is 4.60. The molecule has 0 aliphatic heterocycles. The maximum atomic E-state index is 12.4. The Bertz CT molecular complexity index is 684. The summed E-state index contributed by atoms with van der Waals surface area (Å²) in [6.45, 7) is 0. The maximum absolute atomic E-state index is 12.4. The van der Waals surface area contributed by atoms with Crippen LogP contribution >= 0.6 is 39.1 Å². The van der Waals surface area contributed by atoms with Crippen LogP contribution in [-0.4, -0.2) is 13.0 Å². The fourth-order valence-electron chi connectivity index (χ4n) is 1.80. The van der Waals surface area contributed by atoms with Gasteiger partial charge in [-0.2, -0.15) is 0 Å². The lowest BCUT2D eigenvalue weighted by atomic mass is 10.1. The molecule has 0 unspecified atom stereocenters. The molecule has 7 heteroatoms. The van der Waals surface area contributed by atoms with Crippen molar-refractivity contribution in [2.45, 2.75) is 0 Å². The molecule has 2 aromatic carbocycles. The second-order valence-electron chi connectivity index (χ2n) is 4.13. The second kappa shape index (κ2) is 6.56. The molecule has 0 aliphatic rings. The van der Waals surface area contributed by atoms with Gasteiger partial charge in [-0.3, -0.25) is 4.79 Å². The van der Waals surface area contributed by atoms with Crippen molar-refractivity contribution < 1.29 is 9.53 Å². The van der Waals surface area contributed by atoms with Crippen LogP contribution in [-0.2, 0) is 0 Å². The van der Waals surface area contributed by atoms with Crippen LogP contribution in [0.2, 0.25) is 10.0 Å². The number of carbonyl (C=O) groups excluding carboxylic acids is 1. The molecule has 21 heavy (non-hydrogen) atoms. The Labute approximate surface area is 140 Å². The standard InChI is InChI=1S/C14H11BrCl2N2O2/c1-21-13-8(3-2-4-11(13)18)14(20)19-12-9(16)5-7(15)6-10(12)17/h2-6H,18H2,1H3,(H,19,20). The molecule has 3 N–H and O–H groups in total. The van der Waals surface area contributed by atoms with E-state index in [9.17, 15) is 4.79 Å². The van der Waals surface area contributed by atoms with E-state index in [-0.39, 0.29) is 0 Å². The molecule has 0 heterocycles. The van der Waals surface area contributed by atoms with Crippen LogP contribution in [0.25, 0.3) is 0 Å². The Morgan fingerprint density at radius 2 is 1.90 bits per heavy atom. The fourth-order valence-corrected chi connectivity index (χ4v) is 3.11. The van der Waals surface area contributed by atoms with Crippen molar-refractivity contribution in [3.8, 4) is 5.75 Å². The largest absolute Gasteiger partial charge is 0.494 e. The quantitative estimate of drug-likeness (QED) is 0.754. The van der Waals surface area contributed by atoms with Crippen molar-refractivity contribution in [1.82, 2.24) is 0 Å². The minimum atomic E-state index is -0.412. The molecule has 0 aliphatic carbocycles. The van der Waals surface area contributed by atoms with E-state index in [0.717, 1.165) is 4.47 Å².